The zero-order valence-corrected chi connectivity index (χ0v) is 12.9. The van der Waals surface area contributed by atoms with Gasteiger partial charge in [-0.25, -0.2) is 4.39 Å². The van der Waals surface area contributed by atoms with Crippen molar-refractivity contribution in [1.29, 1.82) is 0 Å². The fraction of sp³-hybridized carbons (Fsp3) is 0.625. The molecule has 1 fully saturated rings. The van der Waals surface area contributed by atoms with E-state index < -0.39 is 11.9 Å². The van der Waals surface area contributed by atoms with E-state index in [1.807, 2.05) is 0 Å². The lowest BCUT2D eigenvalue weighted by molar-refractivity contribution is -0.0554. The summed E-state index contributed by atoms with van der Waals surface area (Å²) in [6.07, 6.45) is -0.416. The van der Waals surface area contributed by atoms with Crippen molar-refractivity contribution in [3.05, 3.63) is 29.6 Å². The zero-order valence-electron chi connectivity index (χ0n) is 12.9. The summed E-state index contributed by atoms with van der Waals surface area (Å²) < 4.78 is 24.6. The van der Waals surface area contributed by atoms with Crippen LogP contribution in [0.2, 0.25) is 0 Å². The third-order valence-electron chi connectivity index (χ3n) is 4.06. The van der Waals surface area contributed by atoms with Crippen LogP contribution in [0.4, 0.5) is 4.39 Å². The summed E-state index contributed by atoms with van der Waals surface area (Å²) in [5.41, 5.74) is 0.183. The molecule has 0 aliphatic carbocycles. The van der Waals surface area contributed by atoms with Crippen molar-refractivity contribution in [1.82, 2.24) is 4.90 Å². The minimum absolute atomic E-state index is 0.0582. The first kappa shape index (κ1) is 16.2. The molecule has 4 nitrogen and oxygen atoms in total. The molecular formula is C16H24FNO3. The molecule has 1 aromatic rings. The van der Waals surface area contributed by atoms with E-state index in [0.29, 0.717) is 31.9 Å². The number of aliphatic hydroxyl groups excluding tert-OH is 1. The van der Waals surface area contributed by atoms with E-state index in [2.05, 4.69) is 18.7 Å². The number of ether oxygens (including phenoxy) is 2. The lowest BCUT2D eigenvalue weighted by atomic mass is 10.00. The Hall–Kier alpha value is -1.17. The minimum Gasteiger partial charge on any atom is -0.496 e. The van der Waals surface area contributed by atoms with Gasteiger partial charge in [-0.15, -0.1) is 0 Å². The van der Waals surface area contributed by atoms with Gasteiger partial charge < -0.3 is 14.6 Å². The van der Waals surface area contributed by atoms with E-state index in [0.717, 1.165) is 6.54 Å². The Morgan fingerprint density at radius 2 is 2.24 bits per heavy atom. The fourth-order valence-electron chi connectivity index (χ4n) is 2.75. The molecule has 0 amide bonds. The van der Waals surface area contributed by atoms with Crippen molar-refractivity contribution in [2.24, 2.45) is 0 Å². The van der Waals surface area contributed by atoms with Gasteiger partial charge in [-0.3, -0.25) is 4.90 Å². The van der Waals surface area contributed by atoms with Crippen molar-refractivity contribution in [3.63, 3.8) is 0 Å². The second-order valence-electron chi connectivity index (χ2n) is 6.01. The maximum Gasteiger partial charge on any atom is 0.132 e. The highest BCUT2D eigenvalue weighted by atomic mass is 19.1. The van der Waals surface area contributed by atoms with Crippen LogP contribution in [0.1, 0.15) is 31.9 Å². The Labute approximate surface area is 125 Å². The van der Waals surface area contributed by atoms with E-state index in [1.165, 1.54) is 13.2 Å². The molecule has 1 saturated heterocycles. The van der Waals surface area contributed by atoms with Crippen LogP contribution in [0.3, 0.4) is 0 Å². The molecule has 21 heavy (non-hydrogen) atoms. The van der Waals surface area contributed by atoms with Crippen LogP contribution < -0.4 is 4.74 Å². The number of nitrogens with zero attached hydrogens (tertiary/aromatic N) is 1. The SMILES string of the molecule is COc1cccc(F)c1C(O)CCN1CCOCC1(C)C. The van der Waals surface area contributed by atoms with Crippen LogP contribution in [0.15, 0.2) is 18.2 Å². The van der Waals surface area contributed by atoms with Crippen LogP contribution in [-0.2, 0) is 4.74 Å². The number of rotatable bonds is 5. The van der Waals surface area contributed by atoms with Crippen molar-refractivity contribution >= 4 is 0 Å². The third-order valence-corrected chi connectivity index (χ3v) is 4.06. The smallest absolute Gasteiger partial charge is 0.132 e. The second kappa shape index (κ2) is 6.73. The monoisotopic (exact) mass is 297 g/mol. The predicted octanol–water partition coefficient (Wildman–Crippen LogP) is 2.37. The van der Waals surface area contributed by atoms with E-state index in [9.17, 15) is 9.50 Å². The lowest BCUT2D eigenvalue weighted by Crippen LogP contribution is -2.53. The Kier molecular flexibility index (Phi) is 5.19. The van der Waals surface area contributed by atoms with Gasteiger partial charge in [-0.05, 0) is 32.4 Å². The molecule has 118 valence electrons. The Morgan fingerprint density at radius 1 is 1.48 bits per heavy atom. The molecule has 5 heteroatoms. The number of halogens is 1. The second-order valence-corrected chi connectivity index (χ2v) is 6.01. The van der Waals surface area contributed by atoms with Crippen LogP contribution in [0, 0.1) is 5.82 Å². The van der Waals surface area contributed by atoms with Gasteiger partial charge in [-0.2, -0.15) is 0 Å². The topological polar surface area (TPSA) is 41.9 Å². The molecule has 0 radical (unpaired) electrons. The summed E-state index contributed by atoms with van der Waals surface area (Å²) in [5, 5.41) is 10.3. The van der Waals surface area contributed by atoms with Gasteiger partial charge >= 0.3 is 0 Å². The molecule has 0 bridgehead atoms. The number of morpholine rings is 1. The number of hydrogen-bond donors (Lipinski definition) is 1. The lowest BCUT2D eigenvalue weighted by Gasteiger charge is -2.42. The Bertz CT molecular complexity index is 479. The average Bonchev–Trinajstić information content (AvgIpc) is 2.45. The van der Waals surface area contributed by atoms with Crippen LogP contribution >= 0.6 is 0 Å². The third kappa shape index (κ3) is 3.73. The molecule has 0 spiro atoms. The van der Waals surface area contributed by atoms with Gasteiger partial charge in [0.2, 0.25) is 0 Å². The van der Waals surface area contributed by atoms with Gasteiger partial charge in [0.05, 0.1) is 32.0 Å². The maximum absolute atomic E-state index is 13.9. The maximum atomic E-state index is 13.9. The highest BCUT2D eigenvalue weighted by Gasteiger charge is 2.31. The standard InChI is InChI=1S/C16H24FNO3/c1-16(2)11-21-10-9-18(16)8-7-13(19)15-12(17)5-4-6-14(15)20-3/h4-6,13,19H,7-11H2,1-3H3. The average molecular weight is 297 g/mol. The molecule has 2 rings (SSSR count). The first-order chi connectivity index (χ1) is 9.95. The first-order valence-electron chi connectivity index (χ1n) is 7.29. The van der Waals surface area contributed by atoms with Crippen LogP contribution in [0.5, 0.6) is 5.75 Å². The summed E-state index contributed by atoms with van der Waals surface area (Å²) in [6, 6.07) is 4.59. The van der Waals surface area contributed by atoms with E-state index >= 15 is 0 Å². The molecule has 1 heterocycles. The van der Waals surface area contributed by atoms with Crippen molar-refractivity contribution in [2.75, 3.05) is 33.4 Å². The summed E-state index contributed by atoms with van der Waals surface area (Å²) in [4.78, 5) is 2.27. The predicted molar refractivity (Wildman–Crippen MR) is 79.0 cm³/mol. The van der Waals surface area contributed by atoms with Gasteiger partial charge in [0.15, 0.2) is 0 Å². The molecule has 0 saturated carbocycles. The molecule has 1 atom stereocenters. The quantitative estimate of drug-likeness (QED) is 0.906. The summed E-state index contributed by atoms with van der Waals surface area (Å²) >= 11 is 0. The van der Waals surface area contributed by atoms with E-state index in [-0.39, 0.29) is 11.1 Å². The van der Waals surface area contributed by atoms with Crippen molar-refractivity contribution < 1.29 is 19.0 Å². The van der Waals surface area contributed by atoms with Crippen molar-refractivity contribution in [3.8, 4) is 5.75 Å². The first-order valence-corrected chi connectivity index (χ1v) is 7.29. The summed E-state index contributed by atoms with van der Waals surface area (Å²) in [5.74, 6) is -0.0353. The number of benzene rings is 1. The fourth-order valence-corrected chi connectivity index (χ4v) is 2.75. The molecule has 1 N–H and O–H groups in total. The van der Waals surface area contributed by atoms with Crippen LogP contribution in [0.25, 0.3) is 0 Å². The van der Waals surface area contributed by atoms with E-state index in [1.54, 1.807) is 12.1 Å². The largest absolute Gasteiger partial charge is 0.496 e. The molecule has 1 aliphatic heterocycles. The van der Waals surface area contributed by atoms with E-state index in [4.69, 9.17) is 9.47 Å². The molecular weight excluding hydrogens is 273 g/mol. The number of aliphatic hydroxyl groups is 1. The Balaban J connectivity index is 2.03. The minimum atomic E-state index is -0.875. The summed E-state index contributed by atoms with van der Waals surface area (Å²) in [7, 11) is 1.48. The van der Waals surface area contributed by atoms with Crippen LogP contribution in [-0.4, -0.2) is 49.0 Å². The number of hydrogen-bond acceptors (Lipinski definition) is 4. The molecule has 1 aromatic carbocycles. The van der Waals surface area contributed by atoms with Gasteiger partial charge in [0.1, 0.15) is 11.6 Å². The van der Waals surface area contributed by atoms with Crippen molar-refractivity contribution in [2.45, 2.75) is 31.9 Å². The molecule has 0 aromatic heterocycles. The van der Waals surface area contributed by atoms with Gasteiger partial charge in [-0.1, -0.05) is 6.07 Å². The normalized spacial score (nSPS) is 20.2. The molecule has 1 unspecified atom stereocenters. The zero-order chi connectivity index (χ0) is 15.5. The van der Waals surface area contributed by atoms with Gasteiger partial charge in [0.25, 0.3) is 0 Å². The highest BCUT2D eigenvalue weighted by molar-refractivity contribution is 5.36. The summed E-state index contributed by atoms with van der Waals surface area (Å²) in [6.45, 7) is 7.11. The van der Waals surface area contributed by atoms with Gasteiger partial charge in [0, 0.05) is 18.6 Å². The molecule has 1 aliphatic rings. The number of methoxy groups -OCH3 is 1. The Morgan fingerprint density at radius 3 is 2.90 bits per heavy atom. The highest BCUT2D eigenvalue weighted by Crippen LogP contribution is 2.30.